The topological polar surface area (TPSA) is 122 Å². The van der Waals surface area contributed by atoms with E-state index in [0.29, 0.717) is 55.5 Å². The number of benzene rings is 5. The number of amidine groups is 1. The van der Waals surface area contributed by atoms with Gasteiger partial charge in [-0.15, -0.1) is 0 Å². The largest absolute Gasteiger partial charge is 0.632 e. The van der Waals surface area contributed by atoms with Crippen LogP contribution in [0.15, 0.2) is 120 Å². The van der Waals surface area contributed by atoms with Gasteiger partial charge < -0.3 is 33.9 Å². The maximum absolute atomic E-state index is 15.0. The molecule has 12 nitrogen and oxygen atoms in total. The number of halogens is 2. The van der Waals surface area contributed by atoms with E-state index in [1.165, 1.54) is 0 Å². The fraction of sp³-hybridized carbons (Fsp3) is 0.244. The number of fused-ring (bicyclic) bond motifs is 1. The highest BCUT2D eigenvalue weighted by Gasteiger charge is 2.45. The van der Waals surface area contributed by atoms with E-state index in [2.05, 4.69) is 5.32 Å². The third-order valence-corrected chi connectivity index (χ3v) is 11.0. The summed E-state index contributed by atoms with van der Waals surface area (Å²) in [5, 5.41) is 4.04. The summed E-state index contributed by atoms with van der Waals surface area (Å²) in [6.45, 7) is 4.68. The summed E-state index contributed by atoms with van der Waals surface area (Å²) in [7, 11) is 0.918. The van der Waals surface area contributed by atoms with Gasteiger partial charge in [-0.05, 0) is 85.6 Å². The number of nitrogens with one attached hydrogen (secondary N) is 1. The molecule has 1 saturated heterocycles. The molecule has 5 aromatic carbocycles. The Morgan fingerprint density at radius 2 is 1.55 bits per heavy atom. The summed E-state index contributed by atoms with van der Waals surface area (Å²) in [4.78, 5) is 52.1. The average Bonchev–Trinajstić information content (AvgIpc) is 3.87. The lowest BCUT2D eigenvalue weighted by atomic mass is 9.78. The summed E-state index contributed by atoms with van der Waals surface area (Å²) in [5.74, 6) is 2.21. The van der Waals surface area contributed by atoms with E-state index < -0.39 is 25.2 Å². The second-order valence-corrected chi connectivity index (χ2v) is 15.7. The van der Waals surface area contributed by atoms with E-state index in [1.54, 1.807) is 76.4 Å². The Morgan fingerprint density at radius 3 is 2.20 bits per heavy atom. The highest BCUT2D eigenvalue weighted by molar-refractivity contribution is 6.63. The van der Waals surface area contributed by atoms with Gasteiger partial charge in [-0.2, -0.15) is 0 Å². The number of nitrogens with zero attached hydrogens (tertiary/aromatic N) is 4. The van der Waals surface area contributed by atoms with Crippen LogP contribution in [0, 0.1) is 0 Å². The van der Waals surface area contributed by atoms with Crippen molar-refractivity contribution in [3.05, 3.63) is 148 Å². The lowest BCUT2D eigenvalue weighted by molar-refractivity contribution is -0.134. The highest BCUT2D eigenvalue weighted by atomic mass is 35.5. The average molecular weight is 847 g/mol. The Kier molecular flexibility index (Phi) is 11.9. The number of piperazine rings is 1. The number of methoxy groups -OCH3 is 1. The zero-order chi connectivity index (χ0) is 41.9. The Bertz CT molecular complexity index is 2410. The molecule has 0 bridgehead atoms. The predicted molar refractivity (Wildman–Crippen MR) is 231 cm³/mol. The van der Waals surface area contributed by atoms with Gasteiger partial charge in [0.15, 0.2) is 0 Å². The smallest absolute Gasteiger partial charge is 0.519 e. The zero-order valence-electron chi connectivity index (χ0n) is 33.2. The van der Waals surface area contributed by atoms with Crippen molar-refractivity contribution in [3.63, 3.8) is 0 Å². The van der Waals surface area contributed by atoms with Crippen molar-refractivity contribution in [1.29, 1.82) is 0 Å². The van der Waals surface area contributed by atoms with Crippen LogP contribution in [0.4, 0.5) is 4.79 Å². The molecule has 0 radical (unpaired) electrons. The molecule has 0 unspecified atom stereocenters. The Balaban J connectivity index is 1.00. The Hall–Kier alpha value is -6.18. The molecule has 2 atom stereocenters. The van der Waals surface area contributed by atoms with E-state index >= 15 is 4.79 Å². The lowest BCUT2D eigenvalue weighted by Crippen LogP contribution is -2.57. The summed E-state index contributed by atoms with van der Waals surface area (Å²) in [6.07, 6.45) is -0.193. The minimum atomic E-state index is -0.661. The second-order valence-electron chi connectivity index (χ2n) is 14.8. The van der Waals surface area contributed by atoms with Crippen LogP contribution in [0.5, 0.6) is 23.0 Å². The van der Waals surface area contributed by atoms with Gasteiger partial charge in [-0.3, -0.25) is 19.5 Å². The molecule has 3 aliphatic heterocycles. The molecule has 0 spiro atoms. The van der Waals surface area contributed by atoms with Crippen molar-refractivity contribution in [1.82, 2.24) is 20.0 Å². The van der Waals surface area contributed by atoms with Crippen LogP contribution >= 0.6 is 23.2 Å². The first-order chi connectivity index (χ1) is 29.1. The first-order valence-electron chi connectivity index (χ1n) is 19.7. The van der Waals surface area contributed by atoms with Crippen LogP contribution in [0.2, 0.25) is 10.0 Å². The normalized spacial score (nSPS) is 17.2. The lowest BCUT2D eigenvalue weighted by Gasteiger charge is -2.38. The molecule has 4 amide bonds. The summed E-state index contributed by atoms with van der Waals surface area (Å²) in [5.41, 5.74) is 3.37. The van der Waals surface area contributed by atoms with Gasteiger partial charge in [-0.25, -0.2) is 4.79 Å². The first-order valence-corrected chi connectivity index (χ1v) is 20.4. The fourth-order valence-corrected chi connectivity index (χ4v) is 7.80. The number of para-hydroxylation sites is 2. The molecule has 8 rings (SSSR count). The van der Waals surface area contributed by atoms with E-state index in [-0.39, 0.29) is 50.6 Å². The highest BCUT2D eigenvalue weighted by Crippen LogP contribution is 2.46. The number of aliphatic imine (C=N–C) groups is 1. The van der Waals surface area contributed by atoms with Crippen molar-refractivity contribution in [2.75, 3.05) is 39.8 Å². The molecule has 0 aromatic heterocycles. The third kappa shape index (κ3) is 8.59. The Labute approximate surface area is 358 Å². The van der Waals surface area contributed by atoms with E-state index in [4.69, 9.17) is 47.0 Å². The van der Waals surface area contributed by atoms with Gasteiger partial charge in [0.1, 0.15) is 41.4 Å². The van der Waals surface area contributed by atoms with Crippen molar-refractivity contribution in [2.45, 2.75) is 32.0 Å². The first kappa shape index (κ1) is 40.6. The molecule has 1 fully saturated rings. The molecule has 306 valence electrons. The van der Waals surface area contributed by atoms with Gasteiger partial charge in [-0.1, -0.05) is 71.7 Å². The van der Waals surface area contributed by atoms with E-state index in [9.17, 15) is 9.59 Å². The standard InChI is InChI=1S/C45H42BCl2N5O7/c1-28(2)58-39-26-35(57-3)19-20-36(39)43-50-41(29-11-15-33(47)16-12-29)42(30-13-17-34(48)18-14-30)53(43)45(56)52-24-23-51(40(54)27-52)22-21-49-44(55)31-7-6-8-32(25-31)46-59-37-9-4-5-10-38(37)60-46/h4-20,25-26,28,41-42H,21-24,27H2,1-3H3,(H,49,55)/t41-,42+/m0/s1. The molecule has 0 saturated carbocycles. The number of carbonyl (C=O) groups is 3. The van der Waals surface area contributed by atoms with Gasteiger partial charge in [0.05, 0.1) is 24.8 Å². The van der Waals surface area contributed by atoms with Crippen molar-refractivity contribution in [3.8, 4) is 23.0 Å². The maximum Gasteiger partial charge on any atom is 0.632 e. The minimum Gasteiger partial charge on any atom is -0.519 e. The van der Waals surface area contributed by atoms with Gasteiger partial charge in [0.2, 0.25) is 5.91 Å². The SMILES string of the molecule is COc1ccc(C2=N[C@@H](c3ccc(Cl)cc3)[C@@H](c3ccc(Cl)cc3)N2C(=O)N2CCN(CCNC(=O)c3cccc(B4Oc5ccccc5O4)c3)C(=O)C2)c(OC(C)C)c1. The third-order valence-electron chi connectivity index (χ3n) is 10.5. The second kappa shape index (κ2) is 17.6. The van der Waals surface area contributed by atoms with Gasteiger partial charge in [0.25, 0.3) is 5.91 Å². The van der Waals surface area contributed by atoms with E-state index in [1.807, 2.05) is 74.5 Å². The summed E-state index contributed by atoms with van der Waals surface area (Å²) in [6, 6.07) is 33.1. The molecule has 15 heteroatoms. The maximum atomic E-state index is 15.0. The van der Waals surface area contributed by atoms with Crippen LogP contribution < -0.4 is 29.6 Å². The zero-order valence-corrected chi connectivity index (χ0v) is 34.7. The van der Waals surface area contributed by atoms with E-state index in [0.717, 1.165) is 11.1 Å². The molecule has 1 N–H and O–H groups in total. The number of urea groups is 1. The number of hydrogen-bond donors (Lipinski definition) is 1. The molecular formula is C45H42BCl2N5O7. The van der Waals surface area contributed by atoms with Gasteiger partial charge >= 0.3 is 13.1 Å². The van der Waals surface area contributed by atoms with Crippen LogP contribution in [0.25, 0.3) is 0 Å². The van der Waals surface area contributed by atoms with Crippen LogP contribution in [-0.4, -0.2) is 91.4 Å². The molecule has 0 aliphatic carbocycles. The van der Waals surface area contributed by atoms with Crippen molar-refractivity contribution >= 4 is 59.5 Å². The number of hydrogen-bond acceptors (Lipinski definition) is 8. The molecule has 5 aromatic rings. The van der Waals surface area contributed by atoms with Crippen LogP contribution in [-0.2, 0) is 4.79 Å². The summed E-state index contributed by atoms with van der Waals surface area (Å²) >= 11 is 12.7. The number of ether oxygens (including phenoxy) is 2. The Morgan fingerprint density at radius 1 is 0.867 bits per heavy atom. The summed E-state index contributed by atoms with van der Waals surface area (Å²) < 4.78 is 23.7. The predicted octanol–water partition coefficient (Wildman–Crippen LogP) is 7.19. The number of carbonyl (C=O) groups excluding carboxylic acids is 3. The van der Waals surface area contributed by atoms with Crippen LogP contribution in [0.1, 0.15) is 53.0 Å². The quantitative estimate of drug-likeness (QED) is 0.140. The van der Waals surface area contributed by atoms with Crippen molar-refractivity contribution in [2.24, 2.45) is 4.99 Å². The molecule has 60 heavy (non-hydrogen) atoms. The number of rotatable bonds is 11. The monoisotopic (exact) mass is 845 g/mol. The van der Waals surface area contributed by atoms with Crippen molar-refractivity contribution < 1.29 is 33.2 Å². The minimum absolute atomic E-state index is 0.167. The number of amides is 4. The van der Waals surface area contributed by atoms with Gasteiger partial charge in [0, 0.05) is 53.3 Å². The van der Waals surface area contributed by atoms with Crippen LogP contribution in [0.3, 0.4) is 0 Å². The molecule has 3 aliphatic rings. The molecular weight excluding hydrogens is 804 g/mol. The molecule has 3 heterocycles. The fourth-order valence-electron chi connectivity index (χ4n) is 7.55.